The minimum atomic E-state index is -0.620. The van der Waals surface area contributed by atoms with Crippen LogP contribution in [0.4, 0.5) is 5.69 Å². The number of hydrogen-bond donors (Lipinski definition) is 1. The topological polar surface area (TPSA) is 89.2 Å². The number of hydrogen-bond acceptors (Lipinski definition) is 5. The third-order valence-corrected chi connectivity index (χ3v) is 2.80. The van der Waals surface area contributed by atoms with E-state index in [1.54, 1.807) is 32.2 Å². The molecule has 0 saturated carbocycles. The second kappa shape index (κ2) is 5.11. The second-order valence-corrected chi connectivity index (χ2v) is 4.21. The Morgan fingerprint density at radius 3 is 2.42 bits per heavy atom. The number of benzene rings is 1. The Kier molecular flexibility index (Phi) is 3.52. The molecule has 0 aliphatic carbocycles. The summed E-state index contributed by atoms with van der Waals surface area (Å²) in [6.07, 6.45) is 0.954. The molecular formula is C13H13N3O3. The van der Waals surface area contributed by atoms with E-state index in [2.05, 4.69) is 9.97 Å². The van der Waals surface area contributed by atoms with Crippen LogP contribution in [0.3, 0.4) is 0 Å². The number of aryl methyl sites for hydroxylation is 1. The van der Waals surface area contributed by atoms with Gasteiger partial charge in [-0.2, -0.15) is 0 Å². The molecule has 0 unspecified atom stereocenters. The Balaban J connectivity index is 2.37. The van der Waals surface area contributed by atoms with Crippen LogP contribution in [0.5, 0.6) is 0 Å². The molecule has 0 aliphatic rings. The van der Waals surface area contributed by atoms with Crippen molar-refractivity contribution in [3.8, 4) is 11.4 Å². The Labute approximate surface area is 109 Å². The van der Waals surface area contributed by atoms with Crippen LogP contribution in [0.15, 0.2) is 30.5 Å². The second-order valence-electron chi connectivity index (χ2n) is 4.21. The van der Waals surface area contributed by atoms with Gasteiger partial charge in [0.1, 0.15) is 0 Å². The lowest BCUT2D eigenvalue weighted by molar-refractivity contribution is -0.384. The zero-order chi connectivity index (χ0) is 14.0. The molecule has 1 aromatic carbocycles. The SMILES string of the molecule is Cc1nc(-c2ccc([N+](=O)[O-])cc2)ncc1[C@H](C)O. The lowest BCUT2D eigenvalue weighted by Gasteiger charge is -2.08. The molecule has 1 N–H and O–H groups in total. The number of aliphatic hydroxyl groups is 1. The van der Waals surface area contributed by atoms with Crippen LogP contribution in [0.2, 0.25) is 0 Å². The minimum Gasteiger partial charge on any atom is -0.389 e. The van der Waals surface area contributed by atoms with E-state index < -0.39 is 11.0 Å². The van der Waals surface area contributed by atoms with Crippen molar-refractivity contribution in [1.82, 2.24) is 9.97 Å². The van der Waals surface area contributed by atoms with Crippen molar-refractivity contribution < 1.29 is 10.0 Å². The van der Waals surface area contributed by atoms with Crippen LogP contribution in [0.25, 0.3) is 11.4 Å². The molecule has 6 nitrogen and oxygen atoms in total. The fourth-order valence-electron chi connectivity index (χ4n) is 1.76. The lowest BCUT2D eigenvalue weighted by atomic mass is 10.1. The summed E-state index contributed by atoms with van der Waals surface area (Å²) in [7, 11) is 0. The van der Waals surface area contributed by atoms with Gasteiger partial charge in [-0.25, -0.2) is 9.97 Å². The van der Waals surface area contributed by atoms with E-state index in [1.807, 2.05) is 0 Å². The van der Waals surface area contributed by atoms with E-state index in [-0.39, 0.29) is 5.69 Å². The highest BCUT2D eigenvalue weighted by molar-refractivity contribution is 5.57. The average molecular weight is 259 g/mol. The Morgan fingerprint density at radius 2 is 1.95 bits per heavy atom. The average Bonchev–Trinajstić information content (AvgIpc) is 2.38. The number of rotatable bonds is 3. The summed E-state index contributed by atoms with van der Waals surface area (Å²) in [6, 6.07) is 6.04. The first-order valence-electron chi connectivity index (χ1n) is 5.75. The number of aromatic nitrogens is 2. The van der Waals surface area contributed by atoms with E-state index in [0.717, 1.165) is 0 Å². The van der Waals surface area contributed by atoms with Gasteiger partial charge in [0.05, 0.1) is 11.0 Å². The summed E-state index contributed by atoms with van der Waals surface area (Å²) in [5.41, 5.74) is 2.09. The Hall–Kier alpha value is -2.34. The molecule has 6 heteroatoms. The summed E-state index contributed by atoms with van der Waals surface area (Å²) in [6.45, 7) is 3.44. The molecule has 2 rings (SSSR count). The predicted molar refractivity (Wildman–Crippen MR) is 69.5 cm³/mol. The van der Waals surface area contributed by atoms with Crippen LogP contribution in [-0.2, 0) is 0 Å². The van der Waals surface area contributed by atoms with Crippen LogP contribution in [-0.4, -0.2) is 20.0 Å². The zero-order valence-electron chi connectivity index (χ0n) is 10.6. The Bertz CT molecular complexity index is 609. The largest absolute Gasteiger partial charge is 0.389 e. The minimum absolute atomic E-state index is 0.0288. The van der Waals surface area contributed by atoms with Gasteiger partial charge in [0.2, 0.25) is 0 Å². The maximum atomic E-state index is 10.6. The first-order valence-corrected chi connectivity index (χ1v) is 5.75. The van der Waals surface area contributed by atoms with Gasteiger partial charge < -0.3 is 5.11 Å². The van der Waals surface area contributed by atoms with E-state index in [9.17, 15) is 15.2 Å². The number of nitro benzene ring substituents is 1. The maximum Gasteiger partial charge on any atom is 0.269 e. The summed E-state index contributed by atoms with van der Waals surface area (Å²) >= 11 is 0. The third-order valence-electron chi connectivity index (χ3n) is 2.80. The van der Waals surface area contributed by atoms with Crippen molar-refractivity contribution in [2.24, 2.45) is 0 Å². The monoisotopic (exact) mass is 259 g/mol. The van der Waals surface area contributed by atoms with Crippen LogP contribution in [0.1, 0.15) is 24.3 Å². The normalized spacial score (nSPS) is 12.2. The number of aliphatic hydroxyl groups excluding tert-OH is 1. The quantitative estimate of drug-likeness (QED) is 0.675. The number of nitrogens with zero attached hydrogens (tertiary/aromatic N) is 3. The molecule has 0 aliphatic heterocycles. The first kappa shape index (κ1) is 13.1. The van der Waals surface area contributed by atoms with Gasteiger partial charge in [0.25, 0.3) is 5.69 Å². The predicted octanol–water partition coefficient (Wildman–Crippen LogP) is 2.41. The fourth-order valence-corrected chi connectivity index (χ4v) is 1.76. The van der Waals surface area contributed by atoms with E-state index >= 15 is 0 Å². The van der Waals surface area contributed by atoms with Crippen molar-refractivity contribution in [2.75, 3.05) is 0 Å². The first-order chi connectivity index (χ1) is 8.99. The number of non-ortho nitro benzene ring substituents is 1. The van der Waals surface area contributed by atoms with Crippen molar-refractivity contribution in [3.63, 3.8) is 0 Å². The zero-order valence-corrected chi connectivity index (χ0v) is 10.6. The van der Waals surface area contributed by atoms with Gasteiger partial charge in [0.15, 0.2) is 5.82 Å². The van der Waals surface area contributed by atoms with Gasteiger partial charge in [-0.15, -0.1) is 0 Å². The summed E-state index contributed by atoms with van der Waals surface area (Å²) in [4.78, 5) is 18.6. The van der Waals surface area contributed by atoms with E-state index in [0.29, 0.717) is 22.6 Å². The van der Waals surface area contributed by atoms with Crippen LogP contribution >= 0.6 is 0 Å². The molecule has 98 valence electrons. The number of nitro groups is 1. The van der Waals surface area contributed by atoms with Crippen molar-refractivity contribution in [2.45, 2.75) is 20.0 Å². The highest BCUT2D eigenvalue weighted by Gasteiger charge is 2.10. The van der Waals surface area contributed by atoms with Crippen molar-refractivity contribution >= 4 is 5.69 Å². The van der Waals surface area contributed by atoms with Crippen molar-refractivity contribution in [1.29, 1.82) is 0 Å². The molecular weight excluding hydrogens is 246 g/mol. The highest BCUT2D eigenvalue weighted by atomic mass is 16.6. The summed E-state index contributed by atoms with van der Waals surface area (Å²) < 4.78 is 0. The molecule has 2 aromatic rings. The Morgan fingerprint density at radius 1 is 1.32 bits per heavy atom. The van der Waals surface area contributed by atoms with Gasteiger partial charge in [-0.3, -0.25) is 10.1 Å². The molecule has 0 saturated heterocycles. The van der Waals surface area contributed by atoms with Gasteiger partial charge in [-0.1, -0.05) is 0 Å². The maximum absolute atomic E-state index is 10.6. The molecule has 1 heterocycles. The van der Waals surface area contributed by atoms with Crippen molar-refractivity contribution in [3.05, 3.63) is 51.8 Å². The third kappa shape index (κ3) is 2.74. The molecule has 0 amide bonds. The molecule has 0 spiro atoms. The molecule has 0 fully saturated rings. The van der Waals surface area contributed by atoms with Gasteiger partial charge >= 0.3 is 0 Å². The standard InChI is InChI=1S/C13H13N3O3/c1-8-12(9(2)17)7-14-13(15-8)10-3-5-11(6-4-10)16(18)19/h3-7,9,17H,1-2H3/t9-/m0/s1. The van der Waals surface area contributed by atoms with Crippen LogP contribution in [0, 0.1) is 17.0 Å². The van der Waals surface area contributed by atoms with Gasteiger partial charge in [-0.05, 0) is 26.0 Å². The van der Waals surface area contributed by atoms with Gasteiger partial charge in [0, 0.05) is 35.2 Å². The molecule has 1 aromatic heterocycles. The molecule has 1 atom stereocenters. The fraction of sp³-hybridized carbons (Fsp3) is 0.231. The van der Waals surface area contributed by atoms with Crippen LogP contribution < -0.4 is 0 Å². The smallest absolute Gasteiger partial charge is 0.269 e. The lowest BCUT2D eigenvalue weighted by Crippen LogP contribution is -2.01. The molecule has 19 heavy (non-hydrogen) atoms. The van der Waals surface area contributed by atoms with E-state index in [1.165, 1.54) is 12.1 Å². The molecule has 0 bridgehead atoms. The van der Waals surface area contributed by atoms with E-state index in [4.69, 9.17) is 0 Å². The summed E-state index contributed by atoms with van der Waals surface area (Å²) in [5, 5.41) is 20.1. The highest BCUT2D eigenvalue weighted by Crippen LogP contribution is 2.21. The summed E-state index contributed by atoms with van der Waals surface area (Å²) in [5.74, 6) is 0.483. The molecule has 0 radical (unpaired) electrons.